The van der Waals surface area contributed by atoms with Crippen molar-refractivity contribution in [2.75, 3.05) is 0 Å². The number of pyridine rings is 1. The minimum Gasteiger partial charge on any atom is -0.306 e. The van der Waals surface area contributed by atoms with Gasteiger partial charge in [-0.15, -0.1) is 11.3 Å². The van der Waals surface area contributed by atoms with Crippen LogP contribution in [0.25, 0.3) is 0 Å². The van der Waals surface area contributed by atoms with Crippen LogP contribution in [0.15, 0.2) is 29.9 Å². The Morgan fingerprint density at radius 1 is 1.40 bits per heavy atom. The molecule has 0 fully saturated rings. The second-order valence-corrected chi connectivity index (χ2v) is 4.29. The summed E-state index contributed by atoms with van der Waals surface area (Å²) in [4.78, 5) is 8.44. The molecule has 0 bridgehead atoms. The number of nitrogens with zero attached hydrogens (tertiary/aromatic N) is 2. The van der Waals surface area contributed by atoms with E-state index in [-0.39, 0.29) is 0 Å². The molecule has 4 heteroatoms. The molecular weight excluding hydrogens is 206 g/mol. The molecule has 0 aliphatic rings. The third-order valence-corrected chi connectivity index (χ3v) is 2.96. The van der Waals surface area contributed by atoms with Gasteiger partial charge < -0.3 is 5.32 Å². The quantitative estimate of drug-likeness (QED) is 0.856. The van der Waals surface area contributed by atoms with Crippen LogP contribution in [0.5, 0.6) is 0 Å². The zero-order chi connectivity index (χ0) is 10.5. The van der Waals surface area contributed by atoms with Crippen molar-refractivity contribution in [1.82, 2.24) is 15.3 Å². The molecule has 15 heavy (non-hydrogen) atoms. The summed E-state index contributed by atoms with van der Waals surface area (Å²) in [7, 11) is 0. The Hall–Kier alpha value is -1.26. The number of hydrogen-bond donors (Lipinski definition) is 1. The largest absolute Gasteiger partial charge is 0.306 e. The van der Waals surface area contributed by atoms with Crippen molar-refractivity contribution in [1.29, 1.82) is 0 Å². The average molecular weight is 219 g/mol. The van der Waals surface area contributed by atoms with Gasteiger partial charge in [0, 0.05) is 36.6 Å². The number of thiazole rings is 1. The zero-order valence-electron chi connectivity index (χ0n) is 8.60. The SMILES string of the molecule is Cc1csc(CNCc2cccnc2)n1. The topological polar surface area (TPSA) is 37.8 Å². The second-order valence-electron chi connectivity index (χ2n) is 3.35. The van der Waals surface area contributed by atoms with Crippen LogP contribution < -0.4 is 5.32 Å². The third kappa shape index (κ3) is 3.11. The summed E-state index contributed by atoms with van der Waals surface area (Å²) in [5.74, 6) is 0. The number of rotatable bonds is 4. The molecule has 78 valence electrons. The predicted octanol–water partition coefficient (Wildman–Crippen LogP) is 2.14. The van der Waals surface area contributed by atoms with Crippen molar-refractivity contribution in [2.24, 2.45) is 0 Å². The maximum atomic E-state index is 4.38. The van der Waals surface area contributed by atoms with E-state index < -0.39 is 0 Å². The van der Waals surface area contributed by atoms with E-state index in [1.165, 1.54) is 5.56 Å². The highest BCUT2D eigenvalue weighted by atomic mass is 32.1. The standard InChI is InChI=1S/C11H13N3S/c1-9-8-15-11(14-9)7-13-6-10-3-2-4-12-5-10/h2-5,8,13H,6-7H2,1H3. The van der Waals surface area contributed by atoms with Crippen LogP contribution >= 0.6 is 11.3 Å². The third-order valence-electron chi connectivity index (χ3n) is 1.99. The first kappa shape index (κ1) is 10.3. The molecule has 0 aromatic carbocycles. The predicted molar refractivity (Wildman–Crippen MR) is 61.6 cm³/mol. The fourth-order valence-corrected chi connectivity index (χ4v) is 2.04. The van der Waals surface area contributed by atoms with Gasteiger partial charge in [-0.1, -0.05) is 6.07 Å². The van der Waals surface area contributed by atoms with Gasteiger partial charge in [0.2, 0.25) is 0 Å². The first-order valence-corrected chi connectivity index (χ1v) is 5.73. The zero-order valence-corrected chi connectivity index (χ0v) is 9.42. The summed E-state index contributed by atoms with van der Waals surface area (Å²) in [6, 6.07) is 4.01. The molecule has 0 aliphatic carbocycles. The molecular formula is C11H13N3S. The Labute approximate surface area is 93.2 Å². The Kier molecular flexibility index (Phi) is 3.42. The van der Waals surface area contributed by atoms with Crippen molar-refractivity contribution < 1.29 is 0 Å². The van der Waals surface area contributed by atoms with Crippen LogP contribution in [0.3, 0.4) is 0 Å². The highest BCUT2D eigenvalue weighted by molar-refractivity contribution is 7.09. The maximum absolute atomic E-state index is 4.38. The summed E-state index contributed by atoms with van der Waals surface area (Å²) >= 11 is 1.70. The van der Waals surface area contributed by atoms with Crippen LogP contribution in [-0.4, -0.2) is 9.97 Å². The molecule has 0 radical (unpaired) electrons. The Balaban J connectivity index is 1.80. The molecule has 0 saturated heterocycles. The molecule has 0 unspecified atom stereocenters. The molecule has 3 nitrogen and oxygen atoms in total. The highest BCUT2D eigenvalue weighted by Crippen LogP contribution is 2.08. The summed E-state index contributed by atoms with van der Waals surface area (Å²) in [6.45, 7) is 3.68. The maximum Gasteiger partial charge on any atom is 0.107 e. The van der Waals surface area contributed by atoms with Gasteiger partial charge in [0.25, 0.3) is 0 Å². The molecule has 0 atom stereocenters. The molecule has 2 aromatic heterocycles. The van der Waals surface area contributed by atoms with Crippen LogP contribution in [-0.2, 0) is 13.1 Å². The summed E-state index contributed by atoms with van der Waals surface area (Å²) in [6.07, 6.45) is 3.66. The lowest BCUT2D eigenvalue weighted by Gasteiger charge is -2.01. The van der Waals surface area contributed by atoms with Crippen LogP contribution in [0.1, 0.15) is 16.3 Å². The van der Waals surface area contributed by atoms with Gasteiger partial charge in [-0.3, -0.25) is 4.98 Å². The second kappa shape index (κ2) is 5.00. The van der Waals surface area contributed by atoms with E-state index in [0.717, 1.165) is 23.8 Å². The molecule has 1 N–H and O–H groups in total. The van der Waals surface area contributed by atoms with Crippen LogP contribution in [0.4, 0.5) is 0 Å². The Bertz CT molecular complexity index is 411. The van der Waals surface area contributed by atoms with Crippen LogP contribution in [0.2, 0.25) is 0 Å². The highest BCUT2D eigenvalue weighted by Gasteiger charge is 1.97. The molecule has 2 aromatic rings. The number of hydrogen-bond acceptors (Lipinski definition) is 4. The van der Waals surface area contributed by atoms with E-state index in [1.807, 2.05) is 19.2 Å². The number of aromatic nitrogens is 2. The smallest absolute Gasteiger partial charge is 0.107 e. The summed E-state index contributed by atoms with van der Waals surface area (Å²) in [5.41, 5.74) is 2.30. The molecule has 2 rings (SSSR count). The fourth-order valence-electron chi connectivity index (χ4n) is 1.30. The molecule has 0 spiro atoms. The minimum atomic E-state index is 0.827. The minimum absolute atomic E-state index is 0.827. The van der Waals surface area contributed by atoms with Gasteiger partial charge in [0.15, 0.2) is 0 Å². The first-order chi connectivity index (χ1) is 7.34. The fraction of sp³-hybridized carbons (Fsp3) is 0.273. The summed E-state index contributed by atoms with van der Waals surface area (Å²) < 4.78 is 0. The van der Waals surface area contributed by atoms with Gasteiger partial charge >= 0.3 is 0 Å². The van der Waals surface area contributed by atoms with E-state index in [4.69, 9.17) is 0 Å². The molecule has 0 saturated carbocycles. The van der Waals surface area contributed by atoms with Gasteiger partial charge in [-0.2, -0.15) is 0 Å². The van der Waals surface area contributed by atoms with Crippen molar-refractivity contribution in [2.45, 2.75) is 20.0 Å². The Morgan fingerprint density at radius 3 is 3.00 bits per heavy atom. The van der Waals surface area contributed by atoms with Crippen molar-refractivity contribution in [3.8, 4) is 0 Å². The van der Waals surface area contributed by atoms with E-state index in [9.17, 15) is 0 Å². The van der Waals surface area contributed by atoms with Gasteiger partial charge in [-0.25, -0.2) is 4.98 Å². The van der Waals surface area contributed by atoms with Crippen molar-refractivity contribution >= 4 is 11.3 Å². The lowest BCUT2D eigenvalue weighted by atomic mass is 10.3. The van der Waals surface area contributed by atoms with E-state index in [0.29, 0.717) is 0 Å². The normalized spacial score (nSPS) is 10.5. The molecule has 0 amide bonds. The van der Waals surface area contributed by atoms with Crippen LogP contribution in [0, 0.1) is 6.92 Å². The Morgan fingerprint density at radius 2 is 2.33 bits per heavy atom. The average Bonchev–Trinajstić information content (AvgIpc) is 2.66. The van der Waals surface area contributed by atoms with Crippen molar-refractivity contribution in [3.63, 3.8) is 0 Å². The van der Waals surface area contributed by atoms with Gasteiger partial charge in [0.05, 0.1) is 0 Å². The first-order valence-electron chi connectivity index (χ1n) is 4.85. The molecule has 0 aliphatic heterocycles. The number of aryl methyl sites for hydroxylation is 1. The number of nitrogens with one attached hydrogen (secondary N) is 1. The molecule has 2 heterocycles. The van der Waals surface area contributed by atoms with Gasteiger partial charge in [-0.05, 0) is 18.6 Å². The summed E-state index contributed by atoms with van der Waals surface area (Å²) in [5, 5.41) is 6.55. The van der Waals surface area contributed by atoms with E-state index in [2.05, 4.69) is 26.7 Å². The lowest BCUT2D eigenvalue weighted by molar-refractivity contribution is 0.687. The van der Waals surface area contributed by atoms with Gasteiger partial charge in [0.1, 0.15) is 5.01 Å². The lowest BCUT2D eigenvalue weighted by Crippen LogP contribution is -2.12. The van der Waals surface area contributed by atoms with E-state index in [1.54, 1.807) is 17.5 Å². The van der Waals surface area contributed by atoms with Crippen molar-refractivity contribution in [3.05, 3.63) is 46.2 Å². The van der Waals surface area contributed by atoms with E-state index >= 15 is 0 Å². The monoisotopic (exact) mass is 219 g/mol.